The largest absolute Gasteiger partial charge is 0.372 e. The molecule has 1 nitrogen and oxygen atoms in total. The quantitative estimate of drug-likeness (QED) is 0.634. The number of rotatable bonds is 1. The van der Waals surface area contributed by atoms with Crippen LogP contribution in [0, 0.1) is 6.92 Å². The third-order valence-corrected chi connectivity index (χ3v) is 2.72. The van der Waals surface area contributed by atoms with Gasteiger partial charge in [-0.05, 0) is 43.9 Å². The number of piperidine rings is 1. The van der Waals surface area contributed by atoms with Crippen molar-refractivity contribution in [2.75, 3.05) is 18.0 Å². The van der Waals surface area contributed by atoms with Crippen LogP contribution in [0.15, 0.2) is 24.3 Å². The molecule has 70 valence electrons. The lowest BCUT2D eigenvalue weighted by atomic mass is 10.1. The minimum absolute atomic E-state index is 1.24. The molecule has 13 heavy (non-hydrogen) atoms. The zero-order chi connectivity index (χ0) is 9.10. The summed E-state index contributed by atoms with van der Waals surface area (Å²) in [5.41, 5.74) is 2.77. The minimum Gasteiger partial charge on any atom is -0.372 e. The Morgan fingerprint density at radius 3 is 2.54 bits per heavy atom. The van der Waals surface area contributed by atoms with E-state index >= 15 is 0 Å². The van der Waals surface area contributed by atoms with E-state index in [0.29, 0.717) is 0 Å². The molecule has 1 saturated heterocycles. The fraction of sp³-hybridized carbons (Fsp3) is 0.500. The average molecular weight is 175 g/mol. The van der Waals surface area contributed by atoms with E-state index in [1.54, 1.807) is 0 Å². The molecule has 0 N–H and O–H groups in total. The van der Waals surface area contributed by atoms with E-state index in [1.165, 1.54) is 43.6 Å². The second kappa shape index (κ2) is 3.82. The molecule has 1 aromatic rings. The first-order chi connectivity index (χ1) is 6.36. The van der Waals surface area contributed by atoms with Crippen LogP contribution in [-0.2, 0) is 0 Å². The molecule has 0 atom stereocenters. The first-order valence-electron chi connectivity index (χ1n) is 5.18. The molecule has 0 aromatic heterocycles. The highest BCUT2D eigenvalue weighted by Crippen LogP contribution is 2.20. The van der Waals surface area contributed by atoms with E-state index in [-0.39, 0.29) is 0 Å². The Hall–Kier alpha value is -0.980. The van der Waals surface area contributed by atoms with Crippen LogP contribution in [0.2, 0.25) is 0 Å². The monoisotopic (exact) mass is 175 g/mol. The van der Waals surface area contributed by atoms with E-state index < -0.39 is 0 Å². The summed E-state index contributed by atoms with van der Waals surface area (Å²) in [6.45, 7) is 4.64. The van der Waals surface area contributed by atoms with Crippen molar-refractivity contribution in [3.8, 4) is 0 Å². The summed E-state index contributed by atoms with van der Waals surface area (Å²) < 4.78 is 0. The van der Waals surface area contributed by atoms with Crippen LogP contribution in [0.5, 0.6) is 0 Å². The summed E-state index contributed by atoms with van der Waals surface area (Å²) in [7, 11) is 0. The van der Waals surface area contributed by atoms with Gasteiger partial charge >= 0.3 is 0 Å². The lowest BCUT2D eigenvalue weighted by molar-refractivity contribution is 0.578. The molecule has 0 aliphatic carbocycles. The summed E-state index contributed by atoms with van der Waals surface area (Å²) in [5, 5.41) is 0. The van der Waals surface area contributed by atoms with Gasteiger partial charge in [0.2, 0.25) is 0 Å². The highest BCUT2D eigenvalue weighted by molar-refractivity contribution is 5.48. The number of hydrogen-bond acceptors (Lipinski definition) is 1. The van der Waals surface area contributed by atoms with Gasteiger partial charge in [-0.3, -0.25) is 0 Å². The zero-order valence-electron chi connectivity index (χ0n) is 8.29. The number of anilines is 1. The maximum Gasteiger partial charge on any atom is 0.0368 e. The van der Waals surface area contributed by atoms with Crippen molar-refractivity contribution >= 4 is 5.69 Å². The summed E-state index contributed by atoms with van der Waals surface area (Å²) in [6.07, 6.45) is 4.12. The standard InChI is InChI=1S/C12H17N/c1-11-6-5-7-12(10-11)13-8-3-2-4-9-13/h5-7,10H,2-4,8-9H2,1H3. The van der Waals surface area contributed by atoms with Gasteiger partial charge in [-0.25, -0.2) is 0 Å². The van der Waals surface area contributed by atoms with Crippen molar-refractivity contribution < 1.29 is 0 Å². The highest BCUT2D eigenvalue weighted by atomic mass is 15.1. The summed E-state index contributed by atoms with van der Waals surface area (Å²) in [5.74, 6) is 0. The maximum absolute atomic E-state index is 2.50. The molecule has 1 aliphatic heterocycles. The minimum atomic E-state index is 1.24. The topological polar surface area (TPSA) is 3.24 Å². The molecule has 1 aliphatic rings. The predicted octanol–water partition coefficient (Wildman–Crippen LogP) is 2.99. The maximum atomic E-state index is 2.50. The molecule has 1 heterocycles. The normalized spacial score (nSPS) is 17.5. The first kappa shape index (κ1) is 8.61. The Morgan fingerprint density at radius 2 is 1.85 bits per heavy atom. The second-order valence-electron chi connectivity index (χ2n) is 3.89. The van der Waals surface area contributed by atoms with Crippen LogP contribution in [0.4, 0.5) is 5.69 Å². The third kappa shape index (κ3) is 2.03. The average Bonchev–Trinajstić information content (AvgIpc) is 2.19. The van der Waals surface area contributed by atoms with E-state index in [2.05, 4.69) is 36.1 Å². The van der Waals surface area contributed by atoms with Gasteiger partial charge in [-0.15, -0.1) is 0 Å². The fourth-order valence-corrected chi connectivity index (χ4v) is 1.98. The molecule has 1 aromatic carbocycles. The van der Waals surface area contributed by atoms with Crippen molar-refractivity contribution in [3.05, 3.63) is 29.8 Å². The molecule has 0 spiro atoms. The van der Waals surface area contributed by atoms with Crippen molar-refractivity contribution in [3.63, 3.8) is 0 Å². The number of hydrogen-bond donors (Lipinski definition) is 0. The molecular weight excluding hydrogens is 158 g/mol. The molecular formula is C12H17N. The zero-order valence-corrected chi connectivity index (χ0v) is 8.29. The fourth-order valence-electron chi connectivity index (χ4n) is 1.98. The second-order valence-corrected chi connectivity index (χ2v) is 3.89. The van der Waals surface area contributed by atoms with Crippen LogP contribution in [0.3, 0.4) is 0 Å². The van der Waals surface area contributed by atoms with Gasteiger partial charge in [-0.2, -0.15) is 0 Å². The number of aryl methyl sites for hydroxylation is 1. The Kier molecular flexibility index (Phi) is 2.53. The summed E-state index contributed by atoms with van der Waals surface area (Å²) in [6, 6.07) is 8.82. The molecule has 0 saturated carbocycles. The smallest absolute Gasteiger partial charge is 0.0368 e. The molecule has 1 heteroatoms. The van der Waals surface area contributed by atoms with Crippen molar-refractivity contribution in [2.24, 2.45) is 0 Å². The molecule has 0 amide bonds. The molecule has 2 rings (SSSR count). The molecule has 0 unspecified atom stereocenters. The lowest BCUT2D eigenvalue weighted by Crippen LogP contribution is -2.29. The van der Waals surface area contributed by atoms with Gasteiger partial charge in [0, 0.05) is 18.8 Å². The Balaban J connectivity index is 2.14. The number of benzene rings is 1. The van der Waals surface area contributed by atoms with E-state index in [9.17, 15) is 0 Å². The molecule has 0 bridgehead atoms. The Morgan fingerprint density at radius 1 is 1.08 bits per heavy atom. The van der Waals surface area contributed by atoms with Gasteiger partial charge in [0.15, 0.2) is 0 Å². The lowest BCUT2D eigenvalue weighted by Gasteiger charge is -2.28. The summed E-state index contributed by atoms with van der Waals surface area (Å²) in [4.78, 5) is 2.50. The van der Waals surface area contributed by atoms with E-state index in [4.69, 9.17) is 0 Å². The van der Waals surface area contributed by atoms with Crippen molar-refractivity contribution in [1.82, 2.24) is 0 Å². The van der Waals surface area contributed by atoms with Gasteiger partial charge in [0.1, 0.15) is 0 Å². The number of nitrogens with zero attached hydrogens (tertiary/aromatic N) is 1. The van der Waals surface area contributed by atoms with Crippen LogP contribution >= 0.6 is 0 Å². The van der Waals surface area contributed by atoms with Crippen LogP contribution in [-0.4, -0.2) is 13.1 Å². The van der Waals surface area contributed by atoms with Gasteiger partial charge < -0.3 is 4.90 Å². The van der Waals surface area contributed by atoms with E-state index in [0.717, 1.165) is 0 Å². The van der Waals surface area contributed by atoms with E-state index in [1.807, 2.05) is 0 Å². The Bertz CT molecular complexity index is 274. The SMILES string of the molecule is Cc1cccc(N2CCCCC2)c1. The Labute approximate surface area is 80.4 Å². The summed E-state index contributed by atoms with van der Waals surface area (Å²) >= 11 is 0. The van der Waals surface area contributed by atoms with Crippen LogP contribution in [0.25, 0.3) is 0 Å². The van der Waals surface area contributed by atoms with Crippen LogP contribution in [0.1, 0.15) is 24.8 Å². The van der Waals surface area contributed by atoms with Crippen molar-refractivity contribution in [1.29, 1.82) is 0 Å². The molecule has 0 radical (unpaired) electrons. The predicted molar refractivity (Wildman–Crippen MR) is 57.2 cm³/mol. The third-order valence-electron chi connectivity index (χ3n) is 2.72. The van der Waals surface area contributed by atoms with Crippen LogP contribution < -0.4 is 4.90 Å². The van der Waals surface area contributed by atoms with Gasteiger partial charge in [-0.1, -0.05) is 12.1 Å². The first-order valence-corrected chi connectivity index (χ1v) is 5.18. The van der Waals surface area contributed by atoms with Gasteiger partial charge in [0.25, 0.3) is 0 Å². The van der Waals surface area contributed by atoms with Gasteiger partial charge in [0.05, 0.1) is 0 Å². The highest BCUT2D eigenvalue weighted by Gasteiger charge is 2.09. The molecule has 1 fully saturated rings. The van der Waals surface area contributed by atoms with Crippen molar-refractivity contribution in [2.45, 2.75) is 26.2 Å².